The third kappa shape index (κ3) is 2.64. The van der Waals surface area contributed by atoms with Gasteiger partial charge in [0.05, 0.1) is 16.8 Å². The molecule has 0 saturated carbocycles. The summed E-state index contributed by atoms with van der Waals surface area (Å²) in [5, 5.41) is 0.742. The topological polar surface area (TPSA) is 30.9 Å². The molecule has 0 aliphatic heterocycles. The molecule has 1 aromatic heterocycles. The Balaban J connectivity index is 1.99. The van der Waals surface area contributed by atoms with Crippen molar-refractivity contribution in [3.05, 3.63) is 65.6 Å². The normalized spacial score (nSPS) is 12.0. The van der Waals surface area contributed by atoms with Crippen LogP contribution in [0.2, 0.25) is 0 Å². The zero-order chi connectivity index (χ0) is 15.9. The van der Waals surface area contributed by atoms with E-state index < -0.39 is 17.6 Å². The molecule has 2 aromatic carbocycles. The molecule has 6 heteroatoms. The lowest BCUT2D eigenvalue weighted by Gasteiger charge is -2.10. The minimum absolute atomic E-state index is 0.0457. The van der Waals surface area contributed by atoms with Crippen LogP contribution < -0.4 is 5.73 Å². The average molecular weight is 308 g/mol. The summed E-state index contributed by atoms with van der Waals surface area (Å²) in [6, 6.07) is 9.64. The molecule has 1 heterocycles. The number of anilines is 1. The van der Waals surface area contributed by atoms with Gasteiger partial charge in [0.1, 0.15) is 5.82 Å². The quantitative estimate of drug-likeness (QED) is 0.551. The van der Waals surface area contributed by atoms with E-state index in [9.17, 15) is 17.6 Å². The molecule has 3 rings (SSSR count). The molecule has 0 aliphatic carbocycles. The molecule has 0 radical (unpaired) electrons. The number of hydrogen-bond acceptors (Lipinski definition) is 1. The lowest BCUT2D eigenvalue weighted by Crippen LogP contribution is -2.06. The van der Waals surface area contributed by atoms with E-state index in [1.54, 1.807) is 22.9 Å². The van der Waals surface area contributed by atoms with Gasteiger partial charge < -0.3 is 10.3 Å². The zero-order valence-electron chi connectivity index (χ0n) is 11.4. The fourth-order valence-electron chi connectivity index (χ4n) is 2.41. The summed E-state index contributed by atoms with van der Waals surface area (Å²) in [5.74, 6) is -0.545. The maximum atomic E-state index is 13.6. The van der Waals surface area contributed by atoms with Crippen molar-refractivity contribution in [1.29, 1.82) is 0 Å². The summed E-state index contributed by atoms with van der Waals surface area (Å²) >= 11 is 0. The number of rotatable bonds is 2. The Morgan fingerprint density at radius 3 is 2.55 bits per heavy atom. The summed E-state index contributed by atoms with van der Waals surface area (Å²) in [6.07, 6.45) is -2.68. The van der Waals surface area contributed by atoms with Crippen molar-refractivity contribution in [3.63, 3.8) is 0 Å². The summed E-state index contributed by atoms with van der Waals surface area (Å²) in [5.41, 5.74) is 5.93. The number of benzene rings is 2. The summed E-state index contributed by atoms with van der Waals surface area (Å²) in [6.45, 7) is 0.219. The Morgan fingerprint density at radius 2 is 1.82 bits per heavy atom. The first kappa shape index (κ1) is 14.4. The number of halogens is 4. The molecule has 0 aliphatic rings. The maximum absolute atomic E-state index is 13.6. The highest BCUT2D eigenvalue weighted by molar-refractivity contribution is 5.83. The van der Waals surface area contributed by atoms with Gasteiger partial charge in [-0.1, -0.05) is 12.1 Å². The minimum atomic E-state index is -4.38. The molecule has 0 saturated heterocycles. The standard InChI is InChI=1S/C16H12F4N2/c17-13-8-15-11(7-14(13)21)4-5-22(15)9-10-2-1-3-12(6-10)16(18,19)20/h1-8H,9,21H2. The number of fused-ring (bicyclic) bond motifs is 1. The van der Waals surface area contributed by atoms with Gasteiger partial charge in [-0.2, -0.15) is 13.2 Å². The van der Waals surface area contributed by atoms with Gasteiger partial charge in [-0.25, -0.2) is 4.39 Å². The van der Waals surface area contributed by atoms with E-state index in [1.165, 1.54) is 18.2 Å². The van der Waals surface area contributed by atoms with Gasteiger partial charge in [0.25, 0.3) is 0 Å². The van der Waals surface area contributed by atoms with E-state index >= 15 is 0 Å². The highest BCUT2D eigenvalue weighted by atomic mass is 19.4. The zero-order valence-corrected chi connectivity index (χ0v) is 11.4. The molecule has 3 aromatic rings. The fourth-order valence-corrected chi connectivity index (χ4v) is 2.41. The van der Waals surface area contributed by atoms with Crippen LogP contribution in [0.3, 0.4) is 0 Å². The van der Waals surface area contributed by atoms with Crippen molar-refractivity contribution in [1.82, 2.24) is 4.57 Å². The van der Waals surface area contributed by atoms with Gasteiger partial charge in [0.15, 0.2) is 0 Å². The summed E-state index contributed by atoms with van der Waals surface area (Å²) in [7, 11) is 0. The van der Waals surface area contributed by atoms with E-state index in [0.29, 0.717) is 11.1 Å². The minimum Gasteiger partial charge on any atom is -0.396 e. The molecule has 114 valence electrons. The second kappa shape index (κ2) is 5.05. The first-order valence-corrected chi connectivity index (χ1v) is 6.54. The second-order valence-electron chi connectivity index (χ2n) is 5.07. The Kier molecular flexibility index (Phi) is 3.31. The first-order chi connectivity index (χ1) is 10.3. The first-order valence-electron chi connectivity index (χ1n) is 6.54. The maximum Gasteiger partial charge on any atom is 0.416 e. The van der Waals surface area contributed by atoms with Crippen molar-refractivity contribution in [2.45, 2.75) is 12.7 Å². The predicted molar refractivity (Wildman–Crippen MR) is 76.9 cm³/mol. The fraction of sp³-hybridized carbons (Fsp3) is 0.125. The third-order valence-electron chi connectivity index (χ3n) is 3.50. The van der Waals surface area contributed by atoms with Crippen LogP contribution in [-0.2, 0) is 12.7 Å². The SMILES string of the molecule is Nc1cc2ccn(Cc3cccc(C(F)(F)F)c3)c2cc1F. The average Bonchev–Trinajstić information content (AvgIpc) is 2.81. The monoisotopic (exact) mass is 308 g/mol. The van der Waals surface area contributed by atoms with Crippen LogP contribution in [0.4, 0.5) is 23.2 Å². The lowest BCUT2D eigenvalue weighted by molar-refractivity contribution is -0.137. The number of nitrogens with zero attached hydrogens (tertiary/aromatic N) is 1. The smallest absolute Gasteiger partial charge is 0.396 e. The van der Waals surface area contributed by atoms with E-state index in [2.05, 4.69) is 0 Å². The molecule has 0 atom stereocenters. The van der Waals surface area contributed by atoms with Gasteiger partial charge in [0.2, 0.25) is 0 Å². The Bertz CT molecular complexity index is 834. The highest BCUT2D eigenvalue weighted by Crippen LogP contribution is 2.30. The van der Waals surface area contributed by atoms with Crippen molar-refractivity contribution in [2.75, 3.05) is 5.73 Å². The lowest BCUT2D eigenvalue weighted by atomic mass is 10.1. The number of nitrogen functional groups attached to an aromatic ring is 1. The molecule has 2 nitrogen and oxygen atoms in total. The van der Waals surface area contributed by atoms with Crippen LogP contribution in [0.25, 0.3) is 10.9 Å². The number of hydrogen-bond donors (Lipinski definition) is 1. The van der Waals surface area contributed by atoms with Crippen molar-refractivity contribution < 1.29 is 17.6 Å². The van der Waals surface area contributed by atoms with Crippen LogP contribution in [0.15, 0.2) is 48.7 Å². The summed E-state index contributed by atoms with van der Waals surface area (Å²) < 4.78 is 53.4. The van der Waals surface area contributed by atoms with Crippen LogP contribution in [-0.4, -0.2) is 4.57 Å². The molecule has 0 spiro atoms. The van der Waals surface area contributed by atoms with Gasteiger partial charge in [-0.3, -0.25) is 0 Å². The van der Waals surface area contributed by atoms with Gasteiger partial charge in [-0.05, 0) is 29.8 Å². The third-order valence-corrected chi connectivity index (χ3v) is 3.50. The molecular formula is C16H12F4N2. The van der Waals surface area contributed by atoms with E-state index in [1.807, 2.05) is 0 Å². The van der Waals surface area contributed by atoms with Crippen LogP contribution in [0, 0.1) is 5.82 Å². The molecular weight excluding hydrogens is 296 g/mol. The molecule has 0 unspecified atom stereocenters. The van der Waals surface area contributed by atoms with Gasteiger partial charge in [-0.15, -0.1) is 0 Å². The number of alkyl halides is 3. The summed E-state index contributed by atoms with van der Waals surface area (Å²) in [4.78, 5) is 0. The number of aromatic nitrogens is 1. The molecule has 2 N–H and O–H groups in total. The van der Waals surface area contributed by atoms with E-state index in [-0.39, 0.29) is 12.2 Å². The van der Waals surface area contributed by atoms with Crippen LogP contribution in [0.5, 0.6) is 0 Å². The Morgan fingerprint density at radius 1 is 1.05 bits per heavy atom. The largest absolute Gasteiger partial charge is 0.416 e. The Labute approximate surface area is 123 Å². The highest BCUT2D eigenvalue weighted by Gasteiger charge is 2.30. The van der Waals surface area contributed by atoms with E-state index in [0.717, 1.165) is 17.5 Å². The molecule has 22 heavy (non-hydrogen) atoms. The molecule has 0 fully saturated rings. The van der Waals surface area contributed by atoms with Crippen LogP contribution >= 0.6 is 0 Å². The van der Waals surface area contributed by atoms with E-state index in [4.69, 9.17) is 5.73 Å². The molecule has 0 bridgehead atoms. The Hall–Kier alpha value is -2.50. The van der Waals surface area contributed by atoms with Crippen molar-refractivity contribution in [2.24, 2.45) is 0 Å². The second-order valence-corrected chi connectivity index (χ2v) is 5.07. The number of nitrogens with two attached hydrogens (primary N) is 1. The van der Waals surface area contributed by atoms with Gasteiger partial charge in [0, 0.05) is 24.2 Å². The molecule has 0 amide bonds. The van der Waals surface area contributed by atoms with Crippen molar-refractivity contribution >= 4 is 16.6 Å². The van der Waals surface area contributed by atoms with Crippen molar-refractivity contribution in [3.8, 4) is 0 Å². The van der Waals surface area contributed by atoms with Crippen LogP contribution in [0.1, 0.15) is 11.1 Å². The predicted octanol–water partition coefficient (Wildman–Crippen LogP) is 4.43. The van der Waals surface area contributed by atoms with Gasteiger partial charge >= 0.3 is 6.18 Å².